The molecule has 0 bridgehead atoms. The van der Waals surface area contributed by atoms with E-state index >= 15 is 0 Å². The number of nitrogens with zero attached hydrogens (tertiary/aromatic N) is 1. The van der Waals surface area contributed by atoms with Gasteiger partial charge in [-0.25, -0.2) is 0 Å². The van der Waals surface area contributed by atoms with Crippen LogP contribution in [-0.2, 0) is 16.9 Å². The molecule has 1 aromatic heterocycles. The van der Waals surface area contributed by atoms with E-state index in [0.29, 0.717) is 25.8 Å². The predicted molar refractivity (Wildman–Crippen MR) is 83.8 cm³/mol. The van der Waals surface area contributed by atoms with Gasteiger partial charge in [0.15, 0.2) is 0 Å². The van der Waals surface area contributed by atoms with E-state index in [9.17, 15) is 9.90 Å². The summed E-state index contributed by atoms with van der Waals surface area (Å²) in [5, 5.41) is 13.7. The summed E-state index contributed by atoms with van der Waals surface area (Å²) in [7, 11) is 0. The zero-order valence-corrected chi connectivity index (χ0v) is 12.4. The van der Waals surface area contributed by atoms with Gasteiger partial charge < -0.3 is 10.4 Å². The second kappa shape index (κ2) is 6.28. The number of nitrogens with one attached hydrogen (secondary N) is 1. The van der Waals surface area contributed by atoms with Crippen LogP contribution >= 0.6 is 0 Å². The molecule has 0 aliphatic heterocycles. The zero-order chi connectivity index (χ0) is 15.4. The van der Waals surface area contributed by atoms with Crippen molar-refractivity contribution in [3.63, 3.8) is 0 Å². The van der Waals surface area contributed by atoms with Crippen molar-refractivity contribution >= 4 is 5.91 Å². The third kappa shape index (κ3) is 3.17. The lowest BCUT2D eigenvalue weighted by Gasteiger charge is -2.23. The molecule has 2 unspecified atom stereocenters. The Hall–Kier alpha value is -2.20. The van der Waals surface area contributed by atoms with E-state index in [1.54, 1.807) is 12.4 Å². The van der Waals surface area contributed by atoms with Crippen LogP contribution in [-0.4, -0.2) is 16.0 Å². The maximum Gasteiger partial charge on any atom is 0.223 e. The van der Waals surface area contributed by atoms with E-state index in [-0.39, 0.29) is 11.8 Å². The van der Waals surface area contributed by atoms with Gasteiger partial charge >= 0.3 is 0 Å². The lowest BCUT2D eigenvalue weighted by molar-refractivity contribution is -0.125. The molecule has 1 fully saturated rings. The van der Waals surface area contributed by atoms with Crippen molar-refractivity contribution in [2.45, 2.75) is 31.4 Å². The maximum absolute atomic E-state index is 12.3. The molecular formula is C18H20N2O2. The Morgan fingerprint density at radius 1 is 1.27 bits per heavy atom. The third-order valence-electron chi connectivity index (χ3n) is 4.36. The second-order valence-corrected chi connectivity index (χ2v) is 5.92. The molecule has 0 saturated heterocycles. The van der Waals surface area contributed by atoms with Crippen molar-refractivity contribution in [2.24, 2.45) is 5.92 Å². The van der Waals surface area contributed by atoms with E-state index in [4.69, 9.17) is 0 Å². The number of benzene rings is 1. The zero-order valence-electron chi connectivity index (χ0n) is 12.4. The molecule has 1 amide bonds. The van der Waals surface area contributed by atoms with Crippen LogP contribution in [0.2, 0.25) is 0 Å². The summed E-state index contributed by atoms with van der Waals surface area (Å²) in [4.78, 5) is 16.3. The molecule has 114 valence electrons. The highest BCUT2D eigenvalue weighted by Gasteiger charge is 2.41. The highest BCUT2D eigenvalue weighted by molar-refractivity contribution is 5.79. The summed E-state index contributed by atoms with van der Waals surface area (Å²) >= 11 is 0. The third-order valence-corrected chi connectivity index (χ3v) is 4.36. The van der Waals surface area contributed by atoms with Gasteiger partial charge in [-0.3, -0.25) is 9.78 Å². The molecule has 1 aliphatic rings. The number of aliphatic hydroxyl groups is 1. The van der Waals surface area contributed by atoms with Gasteiger partial charge in [-0.05, 0) is 36.5 Å². The summed E-state index contributed by atoms with van der Waals surface area (Å²) in [5.74, 6) is -0.127. The SMILES string of the molecule is O=C(NCc1cccnc1)C1CCC(O)(c2ccccc2)C1. The first kappa shape index (κ1) is 14.7. The lowest BCUT2D eigenvalue weighted by Crippen LogP contribution is -2.31. The topological polar surface area (TPSA) is 62.2 Å². The van der Waals surface area contributed by atoms with E-state index < -0.39 is 5.60 Å². The number of rotatable bonds is 4. The van der Waals surface area contributed by atoms with Crippen molar-refractivity contribution in [1.29, 1.82) is 0 Å². The normalized spacial score (nSPS) is 24.1. The van der Waals surface area contributed by atoms with Crippen LogP contribution in [0.15, 0.2) is 54.9 Å². The van der Waals surface area contributed by atoms with Crippen molar-refractivity contribution in [1.82, 2.24) is 10.3 Å². The summed E-state index contributed by atoms with van der Waals surface area (Å²) < 4.78 is 0. The lowest BCUT2D eigenvalue weighted by atomic mass is 9.91. The molecule has 4 nitrogen and oxygen atoms in total. The standard InChI is InChI=1S/C18H20N2O2/c21-17(20-13-14-5-4-10-19-12-14)15-8-9-18(22,11-15)16-6-2-1-3-7-16/h1-7,10,12,15,22H,8-9,11,13H2,(H,20,21). The predicted octanol–water partition coefficient (Wildman–Crippen LogP) is 2.39. The van der Waals surface area contributed by atoms with Crippen molar-refractivity contribution < 1.29 is 9.90 Å². The second-order valence-electron chi connectivity index (χ2n) is 5.92. The maximum atomic E-state index is 12.3. The number of aromatic nitrogens is 1. The van der Waals surface area contributed by atoms with Gasteiger partial charge in [0.2, 0.25) is 5.91 Å². The average molecular weight is 296 g/mol. The quantitative estimate of drug-likeness (QED) is 0.910. The van der Waals surface area contributed by atoms with Gasteiger partial charge in [0.05, 0.1) is 5.60 Å². The minimum atomic E-state index is -0.877. The minimum Gasteiger partial charge on any atom is -0.385 e. The molecular weight excluding hydrogens is 276 g/mol. The summed E-state index contributed by atoms with van der Waals surface area (Å²) in [6, 6.07) is 13.4. The molecule has 2 aromatic rings. The van der Waals surface area contributed by atoms with Crippen molar-refractivity contribution in [2.75, 3.05) is 0 Å². The first-order valence-electron chi connectivity index (χ1n) is 7.62. The van der Waals surface area contributed by atoms with Crippen LogP contribution in [0.4, 0.5) is 0 Å². The number of hydrogen-bond donors (Lipinski definition) is 2. The Bertz CT molecular complexity index is 630. The van der Waals surface area contributed by atoms with Crippen LogP contribution in [0.5, 0.6) is 0 Å². The van der Waals surface area contributed by atoms with Gasteiger partial charge in [0.1, 0.15) is 0 Å². The van der Waals surface area contributed by atoms with E-state index in [0.717, 1.165) is 11.1 Å². The Balaban J connectivity index is 1.59. The van der Waals surface area contributed by atoms with E-state index in [1.807, 2.05) is 42.5 Å². The van der Waals surface area contributed by atoms with Gasteiger partial charge in [0, 0.05) is 24.9 Å². The monoisotopic (exact) mass is 296 g/mol. The first-order chi connectivity index (χ1) is 10.7. The molecule has 1 aromatic carbocycles. The Morgan fingerprint density at radius 3 is 2.82 bits per heavy atom. The fraction of sp³-hybridized carbons (Fsp3) is 0.333. The molecule has 1 aliphatic carbocycles. The van der Waals surface area contributed by atoms with Gasteiger partial charge in [0.25, 0.3) is 0 Å². The number of hydrogen-bond acceptors (Lipinski definition) is 3. The van der Waals surface area contributed by atoms with E-state index in [1.165, 1.54) is 0 Å². The summed E-state index contributed by atoms with van der Waals surface area (Å²) in [6.45, 7) is 0.479. The fourth-order valence-electron chi connectivity index (χ4n) is 3.10. The van der Waals surface area contributed by atoms with Crippen LogP contribution in [0.25, 0.3) is 0 Å². The number of carbonyl (C=O) groups excluding carboxylic acids is 1. The molecule has 0 radical (unpaired) electrons. The Labute approximate surface area is 130 Å². The minimum absolute atomic E-state index is 0.00992. The fourth-order valence-corrected chi connectivity index (χ4v) is 3.10. The summed E-state index contributed by atoms with van der Waals surface area (Å²) in [6.07, 6.45) is 5.28. The first-order valence-corrected chi connectivity index (χ1v) is 7.62. The van der Waals surface area contributed by atoms with Gasteiger partial charge in [-0.2, -0.15) is 0 Å². The summed E-state index contributed by atoms with van der Waals surface area (Å²) in [5.41, 5.74) is 1.00. The van der Waals surface area contributed by atoms with Crippen LogP contribution in [0.3, 0.4) is 0 Å². The smallest absolute Gasteiger partial charge is 0.223 e. The molecule has 2 atom stereocenters. The molecule has 3 rings (SSSR count). The van der Waals surface area contributed by atoms with Crippen LogP contribution in [0, 0.1) is 5.92 Å². The largest absolute Gasteiger partial charge is 0.385 e. The molecule has 1 saturated carbocycles. The van der Waals surface area contributed by atoms with Crippen LogP contribution < -0.4 is 5.32 Å². The van der Waals surface area contributed by atoms with E-state index in [2.05, 4.69) is 10.3 Å². The molecule has 2 N–H and O–H groups in total. The van der Waals surface area contributed by atoms with Gasteiger partial charge in [-0.15, -0.1) is 0 Å². The number of carbonyl (C=O) groups is 1. The Morgan fingerprint density at radius 2 is 2.09 bits per heavy atom. The molecule has 0 spiro atoms. The van der Waals surface area contributed by atoms with Crippen LogP contribution in [0.1, 0.15) is 30.4 Å². The Kier molecular flexibility index (Phi) is 4.20. The van der Waals surface area contributed by atoms with Crippen molar-refractivity contribution in [3.05, 3.63) is 66.0 Å². The number of pyridine rings is 1. The molecule has 22 heavy (non-hydrogen) atoms. The molecule has 4 heteroatoms. The number of amides is 1. The average Bonchev–Trinajstić information content (AvgIpc) is 2.98. The van der Waals surface area contributed by atoms with Crippen molar-refractivity contribution in [3.8, 4) is 0 Å². The molecule has 1 heterocycles. The highest BCUT2D eigenvalue weighted by atomic mass is 16.3. The highest BCUT2D eigenvalue weighted by Crippen LogP contribution is 2.42. The van der Waals surface area contributed by atoms with Gasteiger partial charge in [-0.1, -0.05) is 36.4 Å².